The molecule has 0 atom stereocenters. The zero-order chi connectivity index (χ0) is 27.4. The summed E-state index contributed by atoms with van der Waals surface area (Å²) in [6.45, 7) is 9.86. The van der Waals surface area contributed by atoms with Crippen LogP contribution in [0.1, 0.15) is 67.2 Å². The molecule has 0 aliphatic carbocycles. The van der Waals surface area contributed by atoms with Gasteiger partial charge in [-0.05, 0) is 81.1 Å². The van der Waals surface area contributed by atoms with Crippen LogP contribution in [0.25, 0.3) is 11.1 Å². The van der Waals surface area contributed by atoms with Gasteiger partial charge < -0.3 is 20.5 Å². The van der Waals surface area contributed by atoms with E-state index in [4.69, 9.17) is 20.2 Å². The summed E-state index contributed by atoms with van der Waals surface area (Å²) in [7, 11) is 1.67. The van der Waals surface area contributed by atoms with Crippen LogP contribution in [0.4, 0.5) is 5.69 Å². The van der Waals surface area contributed by atoms with Gasteiger partial charge in [-0.25, -0.2) is 0 Å². The molecule has 2 aliphatic rings. The maximum atomic E-state index is 12.4. The maximum absolute atomic E-state index is 12.4. The number of rotatable bonds is 5. The summed E-state index contributed by atoms with van der Waals surface area (Å²) in [4.78, 5) is 29.1. The molecule has 0 bridgehead atoms. The van der Waals surface area contributed by atoms with E-state index < -0.39 is 5.91 Å². The third-order valence-corrected chi connectivity index (χ3v) is 6.98. The van der Waals surface area contributed by atoms with E-state index in [-0.39, 0.29) is 17.0 Å². The number of aliphatic imine (C=N–C) groups is 1. The molecule has 0 aromatic heterocycles. The van der Waals surface area contributed by atoms with Gasteiger partial charge in [0, 0.05) is 41.3 Å². The van der Waals surface area contributed by atoms with E-state index in [1.165, 1.54) is 6.92 Å². The highest BCUT2D eigenvalue weighted by atomic mass is 16.5. The predicted octanol–water partition coefficient (Wildman–Crippen LogP) is 5.31. The summed E-state index contributed by atoms with van der Waals surface area (Å²) in [6.07, 6.45) is 1.50. The Morgan fingerprint density at radius 2 is 1.68 bits per heavy atom. The number of carbonyl (C=O) groups excluding carboxylic acids is 2. The van der Waals surface area contributed by atoms with Gasteiger partial charge in [-0.1, -0.05) is 18.2 Å². The number of hydrogen-bond acceptors (Lipinski definition) is 5. The van der Waals surface area contributed by atoms with Crippen LogP contribution < -0.4 is 20.5 Å². The number of hydrogen-bond donors (Lipinski definition) is 2. The van der Waals surface area contributed by atoms with Crippen LogP contribution in [0.15, 0.2) is 53.5 Å². The fourth-order valence-electron chi connectivity index (χ4n) is 5.51. The molecular weight excluding hydrogens is 478 g/mol. The fourth-order valence-corrected chi connectivity index (χ4v) is 5.51. The first-order valence-electron chi connectivity index (χ1n) is 12.7. The second kappa shape index (κ2) is 9.01. The van der Waals surface area contributed by atoms with Crippen molar-refractivity contribution in [3.8, 4) is 22.6 Å². The number of nitrogens with one attached hydrogen (secondary N) is 1. The Hall–Kier alpha value is -4.13. The molecule has 0 saturated carbocycles. The molecule has 0 saturated heterocycles. The van der Waals surface area contributed by atoms with E-state index in [9.17, 15) is 9.59 Å². The van der Waals surface area contributed by atoms with Crippen LogP contribution in [0, 0.1) is 0 Å². The van der Waals surface area contributed by atoms with E-state index in [1.54, 1.807) is 13.2 Å². The number of anilines is 1. The van der Waals surface area contributed by atoms with Gasteiger partial charge in [0.1, 0.15) is 5.60 Å². The Morgan fingerprint density at radius 3 is 2.32 bits per heavy atom. The molecule has 3 aromatic carbocycles. The first kappa shape index (κ1) is 25.5. The first-order valence-corrected chi connectivity index (χ1v) is 12.7. The minimum Gasteiger partial charge on any atom is -0.493 e. The number of nitrogens with two attached hydrogens (primary N) is 1. The van der Waals surface area contributed by atoms with Crippen molar-refractivity contribution in [2.75, 3.05) is 12.4 Å². The van der Waals surface area contributed by atoms with Gasteiger partial charge in [-0.2, -0.15) is 0 Å². The third kappa shape index (κ3) is 4.64. The molecule has 0 radical (unpaired) electrons. The molecular formula is C31H33N3O4. The molecule has 3 aromatic rings. The predicted molar refractivity (Wildman–Crippen MR) is 150 cm³/mol. The summed E-state index contributed by atoms with van der Waals surface area (Å²) in [5.74, 6) is 0.853. The number of primary amides is 1. The van der Waals surface area contributed by atoms with Crippen molar-refractivity contribution in [3.05, 3.63) is 76.3 Å². The van der Waals surface area contributed by atoms with Gasteiger partial charge in [0.15, 0.2) is 11.5 Å². The van der Waals surface area contributed by atoms with E-state index in [1.807, 2.05) is 36.4 Å². The summed E-state index contributed by atoms with van der Waals surface area (Å²) in [5.41, 5.74) is 12.8. The van der Waals surface area contributed by atoms with Crippen molar-refractivity contribution in [3.63, 3.8) is 0 Å². The minimum atomic E-state index is -0.510. The zero-order valence-corrected chi connectivity index (χ0v) is 22.7. The van der Waals surface area contributed by atoms with Crippen molar-refractivity contribution in [1.82, 2.24) is 0 Å². The first-order chi connectivity index (χ1) is 17.9. The Labute approximate surface area is 223 Å². The quantitative estimate of drug-likeness (QED) is 0.485. The average Bonchev–Trinajstić information content (AvgIpc) is 3.16. The molecule has 2 aliphatic heterocycles. The lowest BCUT2D eigenvalue weighted by molar-refractivity contribution is -0.114. The summed E-state index contributed by atoms with van der Waals surface area (Å²) >= 11 is 0. The standard InChI is InChI=1S/C31H33N3O4/c1-17(35)33-21-10-7-18(8-11-21)23-13-19(9-12-22(23)29(32)36)27-26-20(15-30(2,3)34-27)14-25(37-6)28-24(26)16-31(4,5)38-28/h7-14H,15-16H2,1-6H3,(H2,32,36)(H,33,35). The second-order valence-electron chi connectivity index (χ2n) is 11.3. The second-order valence-corrected chi connectivity index (χ2v) is 11.3. The number of amides is 2. The molecule has 196 valence electrons. The number of benzene rings is 3. The largest absolute Gasteiger partial charge is 0.493 e. The zero-order valence-electron chi connectivity index (χ0n) is 22.7. The van der Waals surface area contributed by atoms with Gasteiger partial charge in [0.05, 0.1) is 18.4 Å². The van der Waals surface area contributed by atoms with Gasteiger partial charge in [0.2, 0.25) is 11.8 Å². The van der Waals surface area contributed by atoms with Crippen LogP contribution >= 0.6 is 0 Å². The van der Waals surface area contributed by atoms with E-state index in [2.05, 4.69) is 39.1 Å². The van der Waals surface area contributed by atoms with Crippen LogP contribution in [-0.2, 0) is 17.6 Å². The van der Waals surface area contributed by atoms with Gasteiger partial charge >= 0.3 is 0 Å². The van der Waals surface area contributed by atoms with Crippen molar-refractivity contribution < 1.29 is 19.1 Å². The maximum Gasteiger partial charge on any atom is 0.249 e. The van der Waals surface area contributed by atoms with Crippen LogP contribution in [-0.4, -0.2) is 35.8 Å². The Balaban J connectivity index is 1.69. The molecule has 0 spiro atoms. The number of methoxy groups -OCH3 is 1. The molecule has 0 fully saturated rings. The Morgan fingerprint density at radius 1 is 1.00 bits per heavy atom. The minimum absolute atomic E-state index is 0.148. The topological polar surface area (TPSA) is 103 Å². The van der Waals surface area contributed by atoms with Crippen molar-refractivity contribution >= 4 is 23.2 Å². The summed E-state index contributed by atoms with van der Waals surface area (Å²) < 4.78 is 12.1. The molecule has 5 rings (SSSR count). The van der Waals surface area contributed by atoms with Crippen LogP contribution in [0.2, 0.25) is 0 Å². The molecule has 0 unspecified atom stereocenters. The lowest BCUT2D eigenvalue weighted by Gasteiger charge is -2.31. The molecule has 7 heteroatoms. The highest BCUT2D eigenvalue weighted by molar-refractivity contribution is 6.17. The number of fused-ring (bicyclic) bond motifs is 3. The molecule has 7 nitrogen and oxygen atoms in total. The molecule has 2 amide bonds. The normalized spacial score (nSPS) is 16.5. The van der Waals surface area contributed by atoms with Gasteiger partial charge in [-0.3, -0.25) is 14.6 Å². The Bertz CT molecular complexity index is 1500. The number of ether oxygens (including phenoxy) is 2. The molecule has 38 heavy (non-hydrogen) atoms. The Kier molecular flexibility index (Phi) is 6.05. The summed E-state index contributed by atoms with van der Waals surface area (Å²) in [5, 5.41) is 2.77. The lowest BCUT2D eigenvalue weighted by Crippen LogP contribution is -2.30. The number of carbonyl (C=O) groups is 2. The average molecular weight is 512 g/mol. The SMILES string of the molecule is COc1cc2c(c3c1OC(C)(C)C3)C(c1ccc(C(N)=O)c(-c3ccc(NC(C)=O)cc3)c1)=NC(C)(C)C2. The van der Waals surface area contributed by atoms with Crippen molar-refractivity contribution in [2.24, 2.45) is 10.7 Å². The van der Waals surface area contributed by atoms with Gasteiger partial charge in [-0.15, -0.1) is 0 Å². The van der Waals surface area contributed by atoms with Crippen molar-refractivity contribution in [2.45, 2.75) is 58.6 Å². The van der Waals surface area contributed by atoms with Crippen molar-refractivity contribution in [1.29, 1.82) is 0 Å². The number of nitrogens with zero attached hydrogens (tertiary/aromatic N) is 1. The van der Waals surface area contributed by atoms with Crippen LogP contribution in [0.5, 0.6) is 11.5 Å². The molecule has 3 N–H and O–H groups in total. The van der Waals surface area contributed by atoms with E-state index in [0.717, 1.165) is 57.9 Å². The smallest absolute Gasteiger partial charge is 0.249 e. The third-order valence-electron chi connectivity index (χ3n) is 6.98. The lowest BCUT2D eigenvalue weighted by atomic mass is 9.80. The summed E-state index contributed by atoms with van der Waals surface area (Å²) in [6, 6.07) is 15.1. The monoisotopic (exact) mass is 511 g/mol. The van der Waals surface area contributed by atoms with Gasteiger partial charge in [0.25, 0.3) is 0 Å². The van der Waals surface area contributed by atoms with E-state index >= 15 is 0 Å². The molecule has 2 heterocycles. The van der Waals surface area contributed by atoms with Crippen LogP contribution in [0.3, 0.4) is 0 Å². The highest BCUT2D eigenvalue weighted by Crippen LogP contribution is 2.48. The fraction of sp³-hybridized carbons (Fsp3) is 0.323. The highest BCUT2D eigenvalue weighted by Gasteiger charge is 2.39. The van der Waals surface area contributed by atoms with E-state index in [0.29, 0.717) is 16.8 Å².